The third-order valence-corrected chi connectivity index (χ3v) is 5.33. The van der Waals surface area contributed by atoms with Crippen molar-refractivity contribution in [1.82, 2.24) is 10.3 Å². The van der Waals surface area contributed by atoms with Gasteiger partial charge in [-0.1, -0.05) is 30.0 Å². The maximum Gasteiger partial charge on any atom is 0.263 e. The highest BCUT2D eigenvalue weighted by atomic mass is 32.2. The maximum absolute atomic E-state index is 11.9. The number of aldehydes is 1. The van der Waals surface area contributed by atoms with Crippen molar-refractivity contribution < 1.29 is 18.7 Å². The molecule has 1 aliphatic heterocycles. The lowest BCUT2D eigenvalue weighted by atomic mass is 10.0. The molecule has 0 spiro atoms. The van der Waals surface area contributed by atoms with E-state index in [1.165, 1.54) is 11.8 Å². The van der Waals surface area contributed by atoms with Gasteiger partial charge in [-0.25, -0.2) is 0 Å². The number of carbonyl (C=O) groups is 2. The van der Waals surface area contributed by atoms with Crippen molar-refractivity contribution in [2.75, 3.05) is 0 Å². The Morgan fingerprint density at radius 2 is 2.10 bits per heavy atom. The van der Waals surface area contributed by atoms with E-state index in [9.17, 15) is 9.59 Å². The van der Waals surface area contributed by atoms with Crippen LogP contribution in [0.2, 0.25) is 0 Å². The van der Waals surface area contributed by atoms with Gasteiger partial charge in [-0.2, -0.15) is 0 Å². The number of nitrogens with one attached hydrogen (secondary N) is 1. The molecular weight excluding hydrogens is 408 g/mol. The van der Waals surface area contributed by atoms with Gasteiger partial charge in [0.25, 0.3) is 5.91 Å². The molecule has 0 bridgehead atoms. The van der Waals surface area contributed by atoms with Crippen molar-refractivity contribution in [2.45, 2.75) is 20.0 Å². The van der Waals surface area contributed by atoms with Gasteiger partial charge in [0, 0.05) is 29.4 Å². The number of amides is 1. The molecule has 0 saturated carbocycles. The molecule has 3 aromatic rings. The largest absolute Gasteiger partial charge is 0.490 e. The van der Waals surface area contributed by atoms with Crippen molar-refractivity contribution in [3.05, 3.63) is 52.9 Å². The topological polar surface area (TPSA) is 81.4 Å². The summed E-state index contributed by atoms with van der Waals surface area (Å²) < 4.78 is 12.1. The Morgan fingerprint density at radius 1 is 1.28 bits per heavy atom. The van der Waals surface area contributed by atoms with E-state index in [0.717, 1.165) is 22.8 Å². The summed E-state index contributed by atoms with van der Waals surface area (Å²) in [4.78, 5) is 28.2. The Kier molecular flexibility index (Phi) is 5.21. The first-order chi connectivity index (χ1) is 13.9. The quantitative estimate of drug-likeness (QED) is 0.365. The number of fused-ring (bicyclic) bond motifs is 1. The number of hydrogen-bond acceptors (Lipinski definition) is 7. The molecule has 1 aromatic carbocycles. The molecule has 0 aliphatic carbocycles. The number of furan rings is 1. The predicted octanol–water partition coefficient (Wildman–Crippen LogP) is 4.58. The Morgan fingerprint density at radius 3 is 2.79 bits per heavy atom. The van der Waals surface area contributed by atoms with E-state index in [-0.39, 0.29) is 12.0 Å². The van der Waals surface area contributed by atoms with Crippen molar-refractivity contribution in [3.63, 3.8) is 0 Å². The van der Waals surface area contributed by atoms with Crippen molar-refractivity contribution in [3.8, 4) is 16.9 Å². The van der Waals surface area contributed by atoms with Crippen LogP contribution in [0.5, 0.6) is 5.75 Å². The number of hydrogen-bond donors (Lipinski definition) is 1. The monoisotopic (exact) mass is 424 g/mol. The zero-order valence-corrected chi connectivity index (χ0v) is 17.2. The first-order valence-electron chi connectivity index (χ1n) is 8.83. The third kappa shape index (κ3) is 3.94. The SMILES string of the molecule is CC(C)Oc1ccc(-c2cncc3cc(C=C4SC(=S)NC4=O)oc23)cc1C=O. The fourth-order valence-corrected chi connectivity index (χ4v) is 4.00. The second kappa shape index (κ2) is 7.81. The van der Waals surface area contributed by atoms with Crippen LogP contribution >= 0.6 is 24.0 Å². The molecule has 2 aromatic heterocycles. The standard InChI is InChI=1S/C21H16N2O4S2/c1-11(2)26-17-4-3-12(5-14(17)10-24)16-9-22-8-13-6-15(27-19(13)16)7-18-20(25)23-21(28)29-18/h3-11H,1-2H3,(H,23,25,28). The predicted molar refractivity (Wildman–Crippen MR) is 117 cm³/mol. The second-order valence-electron chi connectivity index (χ2n) is 6.64. The Bertz CT molecular complexity index is 1180. The molecule has 4 rings (SSSR count). The van der Waals surface area contributed by atoms with Crippen LogP contribution in [-0.4, -0.2) is 27.6 Å². The fourth-order valence-electron chi connectivity index (χ4n) is 2.98. The summed E-state index contributed by atoms with van der Waals surface area (Å²) in [6.07, 6.45) is 5.75. The fraction of sp³-hybridized carbons (Fsp3) is 0.143. The van der Waals surface area contributed by atoms with E-state index >= 15 is 0 Å². The summed E-state index contributed by atoms with van der Waals surface area (Å²) in [5, 5.41) is 3.37. The molecule has 8 heteroatoms. The molecule has 0 unspecified atom stereocenters. The van der Waals surface area contributed by atoms with E-state index in [2.05, 4.69) is 10.3 Å². The summed E-state index contributed by atoms with van der Waals surface area (Å²) in [7, 11) is 0. The molecule has 1 N–H and O–H groups in total. The number of carbonyl (C=O) groups excluding carboxylic acids is 2. The number of pyridine rings is 1. The van der Waals surface area contributed by atoms with Gasteiger partial charge in [-0.3, -0.25) is 14.6 Å². The van der Waals surface area contributed by atoms with Crippen LogP contribution in [-0.2, 0) is 4.79 Å². The molecule has 146 valence electrons. The summed E-state index contributed by atoms with van der Waals surface area (Å²) in [5.74, 6) is 0.811. The zero-order valence-electron chi connectivity index (χ0n) is 15.6. The summed E-state index contributed by atoms with van der Waals surface area (Å²) >= 11 is 6.20. The van der Waals surface area contributed by atoms with Crippen LogP contribution in [0, 0.1) is 0 Å². The summed E-state index contributed by atoms with van der Waals surface area (Å²) in [5.41, 5.74) is 2.59. The first-order valence-corrected chi connectivity index (χ1v) is 10.1. The van der Waals surface area contributed by atoms with Crippen molar-refractivity contribution in [1.29, 1.82) is 0 Å². The van der Waals surface area contributed by atoms with Gasteiger partial charge in [-0.15, -0.1) is 0 Å². The Balaban J connectivity index is 1.76. The van der Waals surface area contributed by atoms with Gasteiger partial charge >= 0.3 is 0 Å². The number of benzene rings is 1. The number of thiocarbonyl (C=S) groups is 1. The lowest BCUT2D eigenvalue weighted by Crippen LogP contribution is -2.17. The summed E-state index contributed by atoms with van der Waals surface area (Å²) in [6.45, 7) is 3.81. The molecule has 0 radical (unpaired) electrons. The highest BCUT2D eigenvalue weighted by molar-refractivity contribution is 8.26. The van der Waals surface area contributed by atoms with Gasteiger partial charge in [0.2, 0.25) is 0 Å². The normalized spacial score (nSPS) is 15.3. The van der Waals surface area contributed by atoms with E-state index in [1.807, 2.05) is 26.0 Å². The van der Waals surface area contributed by atoms with Crippen LogP contribution < -0.4 is 10.1 Å². The van der Waals surface area contributed by atoms with Crippen LogP contribution in [0.3, 0.4) is 0 Å². The average molecular weight is 425 g/mol. The molecule has 3 heterocycles. The van der Waals surface area contributed by atoms with Crippen LogP contribution in [0.15, 0.2) is 46.0 Å². The van der Waals surface area contributed by atoms with E-state index in [0.29, 0.717) is 31.9 Å². The number of aromatic nitrogens is 1. The molecule has 6 nitrogen and oxygen atoms in total. The minimum atomic E-state index is -0.241. The Labute approximate surface area is 176 Å². The van der Waals surface area contributed by atoms with Crippen molar-refractivity contribution >= 4 is 57.5 Å². The minimum absolute atomic E-state index is 0.0381. The van der Waals surface area contributed by atoms with Crippen molar-refractivity contribution in [2.24, 2.45) is 0 Å². The van der Waals surface area contributed by atoms with Gasteiger partial charge in [0.05, 0.1) is 16.6 Å². The molecule has 1 aliphatic rings. The minimum Gasteiger partial charge on any atom is -0.490 e. The number of rotatable bonds is 5. The highest BCUT2D eigenvalue weighted by Gasteiger charge is 2.23. The lowest BCUT2D eigenvalue weighted by molar-refractivity contribution is -0.115. The lowest BCUT2D eigenvalue weighted by Gasteiger charge is -2.12. The van der Waals surface area contributed by atoms with Gasteiger partial charge in [0.1, 0.15) is 21.4 Å². The van der Waals surface area contributed by atoms with Gasteiger partial charge in [-0.05, 0) is 37.6 Å². The number of ether oxygens (including phenoxy) is 1. The Hall–Kier alpha value is -2.97. The molecular formula is C21H16N2O4S2. The zero-order chi connectivity index (χ0) is 20.5. The molecule has 0 atom stereocenters. The molecule has 29 heavy (non-hydrogen) atoms. The van der Waals surface area contributed by atoms with Crippen LogP contribution in [0.4, 0.5) is 0 Å². The molecule has 1 saturated heterocycles. The molecule has 1 amide bonds. The van der Waals surface area contributed by atoms with E-state index in [1.54, 1.807) is 30.6 Å². The maximum atomic E-state index is 11.9. The van der Waals surface area contributed by atoms with Gasteiger partial charge in [0.15, 0.2) is 6.29 Å². The third-order valence-electron chi connectivity index (χ3n) is 4.17. The van der Waals surface area contributed by atoms with Gasteiger partial charge < -0.3 is 14.5 Å². The number of thioether (sulfide) groups is 1. The first kappa shape index (κ1) is 19.4. The summed E-state index contributed by atoms with van der Waals surface area (Å²) in [6, 6.07) is 7.19. The van der Waals surface area contributed by atoms with E-state index in [4.69, 9.17) is 21.4 Å². The smallest absolute Gasteiger partial charge is 0.263 e. The van der Waals surface area contributed by atoms with E-state index < -0.39 is 0 Å². The second-order valence-corrected chi connectivity index (χ2v) is 8.36. The van der Waals surface area contributed by atoms with Crippen LogP contribution in [0.25, 0.3) is 28.2 Å². The van der Waals surface area contributed by atoms with Crippen LogP contribution in [0.1, 0.15) is 30.0 Å². The highest BCUT2D eigenvalue weighted by Crippen LogP contribution is 2.34. The number of nitrogens with zero attached hydrogens (tertiary/aromatic N) is 1. The molecule has 1 fully saturated rings. The average Bonchev–Trinajstić information content (AvgIpc) is 3.23.